The summed E-state index contributed by atoms with van der Waals surface area (Å²) in [5.41, 5.74) is 0. The second-order valence-electron chi connectivity index (χ2n) is 6.33. The molecule has 0 aliphatic heterocycles. The third-order valence-corrected chi connectivity index (χ3v) is 4.12. The molecule has 1 saturated carbocycles. The highest BCUT2D eigenvalue weighted by Crippen LogP contribution is 2.29. The van der Waals surface area contributed by atoms with Crippen molar-refractivity contribution < 1.29 is 0 Å². The van der Waals surface area contributed by atoms with Gasteiger partial charge in [-0.3, -0.25) is 0 Å². The molecule has 0 aromatic carbocycles. The lowest BCUT2D eigenvalue weighted by Gasteiger charge is -2.32. The fourth-order valence-electron chi connectivity index (χ4n) is 2.88. The molecule has 0 radical (unpaired) electrons. The van der Waals surface area contributed by atoms with Crippen LogP contribution < -0.4 is 5.32 Å². The Morgan fingerprint density at radius 2 is 1.94 bits per heavy atom. The van der Waals surface area contributed by atoms with E-state index < -0.39 is 0 Å². The fourth-order valence-corrected chi connectivity index (χ4v) is 2.88. The van der Waals surface area contributed by atoms with E-state index in [4.69, 9.17) is 0 Å². The highest BCUT2D eigenvalue weighted by atomic mass is 15.0. The Kier molecular flexibility index (Phi) is 7.14. The van der Waals surface area contributed by atoms with Crippen molar-refractivity contribution in [2.24, 2.45) is 11.8 Å². The zero-order valence-electron chi connectivity index (χ0n) is 12.3. The van der Waals surface area contributed by atoms with Crippen molar-refractivity contribution >= 4 is 0 Å². The predicted molar refractivity (Wildman–Crippen MR) is 76.4 cm³/mol. The van der Waals surface area contributed by atoms with Gasteiger partial charge in [-0.2, -0.15) is 0 Å². The van der Waals surface area contributed by atoms with E-state index in [0.29, 0.717) is 0 Å². The van der Waals surface area contributed by atoms with E-state index in [2.05, 4.69) is 38.2 Å². The normalized spacial score (nSPS) is 25.8. The summed E-state index contributed by atoms with van der Waals surface area (Å²) in [5, 5.41) is 3.76. The van der Waals surface area contributed by atoms with E-state index in [1.165, 1.54) is 51.6 Å². The number of hydrogen-bond donors (Lipinski definition) is 1. The molecule has 1 aliphatic rings. The second-order valence-corrected chi connectivity index (χ2v) is 6.33. The van der Waals surface area contributed by atoms with Gasteiger partial charge in [0, 0.05) is 6.04 Å². The lowest BCUT2D eigenvalue weighted by atomic mass is 9.79. The average molecular weight is 240 g/mol. The second kappa shape index (κ2) is 8.10. The van der Waals surface area contributed by atoms with Crippen LogP contribution >= 0.6 is 0 Å². The van der Waals surface area contributed by atoms with Crippen molar-refractivity contribution in [3.05, 3.63) is 0 Å². The topological polar surface area (TPSA) is 15.3 Å². The first kappa shape index (κ1) is 15.0. The van der Waals surface area contributed by atoms with Gasteiger partial charge >= 0.3 is 0 Å². The smallest absolute Gasteiger partial charge is 0.00698 e. The van der Waals surface area contributed by atoms with Crippen molar-refractivity contribution in [1.82, 2.24) is 10.2 Å². The summed E-state index contributed by atoms with van der Waals surface area (Å²) >= 11 is 0. The van der Waals surface area contributed by atoms with Crippen LogP contribution in [0.5, 0.6) is 0 Å². The van der Waals surface area contributed by atoms with Crippen molar-refractivity contribution in [3.63, 3.8) is 0 Å². The largest absolute Gasteiger partial charge is 0.314 e. The van der Waals surface area contributed by atoms with E-state index in [1.807, 2.05) is 0 Å². The van der Waals surface area contributed by atoms with E-state index in [1.54, 1.807) is 0 Å². The molecule has 2 unspecified atom stereocenters. The average Bonchev–Trinajstić information content (AvgIpc) is 2.28. The predicted octanol–water partition coefficient (Wildman–Crippen LogP) is 3.13. The first-order chi connectivity index (χ1) is 8.09. The lowest BCUT2D eigenvalue weighted by molar-refractivity contribution is 0.231. The van der Waals surface area contributed by atoms with Crippen LogP contribution in [0.2, 0.25) is 0 Å². The molecule has 1 N–H and O–H groups in total. The molecular weight excluding hydrogens is 208 g/mol. The van der Waals surface area contributed by atoms with Gasteiger partial charge in [-0.1, -0.05) is 26.7 Å². The molecule has 0 aromatic rings. The first-order valence-corrected chi connectivity index (χ1v) is 7.47. The molecule has 0 amide bonds. The molecule has 1 fully saturated rings. The van der Waals surface area contributed by atoms with Gasteiger partial charge in [0.15, 0.2) is 0 Å². The SMILES string of the molecule is CC(C)C1CCCC(NCCCCN(C)C)C1. The molecule has 1 rings (SSSR count). The number of hydrogen-bond acceptors (Lipinski definition) is 2. The van der Waals surface area contributed by atoms with Crippen molar-refractivity contribution in [1.29, 1.82) is 0 Å². The maximum atomic E-state index is 3.76. The molecule has 2 nitrogen and oxygen atoms in total. The minimum Gasteiger partial charge on any atom is -0.314 e. The summed E-state index contributed by atoms with van der Waals surface area (Å²) in [4.78, 5) is 2.27. The van der Waals surface area contributed by atoms with Crippen LogP contribution in [0.25, 0.3) is 0 Å². The maximum Gasteiger partial charge on any atom is 0.00698 e. The van der Waals surface area contributed by atoms with Crippen molar-refractivity contribution in [3.8, 4) is 0 Å². The monoisotopic (exact) mass is 240 g/mol. The van der Waals surface area contributed by atoms with Gasteiger partial charge in [0.25, 0.3) is 0 Å². The van der Waals surface area contributed by atoms with E-state index in [0.717, 1.165) is 17.9 Å². The molecule has 2 atom stereocenters. The molecule has 17 heavy (non-hydrogen) atoms. The van der Waals surface area contributed by atoms with Gasteiger partial charge in [-0.15, -0.1) is 0 Å². The quantitative estimate of drug-likeness (QED) is 0.688. The Bertz CT molecular complexity index is 189. The molecule has 0 heterocycles. The molecular formula is C15H32N2. The lowest BCUT2D eigenvalue weighted by Crippen LogP contribution is -2.36. The Hall–Kier alpha value is -0.0800. The summed E-state index contributed by atoms with van der Waals surface area (Å²) in [6.07, 6.45) is 8.33. The highest BCUT2D eigenvalue weighted by Gasteiger charge is 2.23. The van der Waals surface area contributed by atoms with Gasteiger partial charge in [0.05, 0.1) is 0 Å². The van der Waals surface area contributed by atoms with Crippen LogP contribution in [-0.2, 0) is 0 Å². The molecule has 0 spiro atoms. The van der Waals surface area contributed by atoms with Crippen LogP contribution in [-0.4, -0.2) is 38.1 Å². The Balaban J connectivity index is 2.06. The Labute approximate surface area is 108 Å². The first-order valence-electron chi connectivity index (χ1n) is 7.47. The zero-order valence-corrected chi connectivity index (χ0v) is 12.3. The van der Waals surface area contributed by atoms with Crippen LogP contribution in [0.15, 0.2) is 0 Å². The van der Waals surface area contributed by atoms with E-state index >= 15 is 0 Å². The summed E-state index contributed by atoms with van der Waals surface area (Å²) in [7, 11) is 4.31. The van der Waals surface area contributed by atoms with Crippen LogP contribution in [0, 0.1) is 11.8 Å². The van der Waals surface area contributed by atoms with Crippen LogP contribution in [0.1, 0.15) is 52.4 Å². The van der Waals surface area contributed by atoms with Gasteiger partial charge in [0.2, 0.25) is 0 Å². The van der Waals surface area contributed by atoms with E-state index in [-0.39, 0.29) is 0 Å². The molecule has 0 saturated heterocycles. The fraction of sp³-hybridized carbons (Fsp3) is 1.00. The Morgan fingerprint density at radius 1 is 1.18 bits per heavy atom. The highest BCUT2D eigenvalue weighted by molar-refractivity contribution is 4.79. The van der Waals surface area contributed by atoms with E-state index in [9.17, 15) is 0 Å². The number of nitrogens with zero attached hydrogens (tertiary/aromatic N) is 1. The molecule has 2 heteroatoms. The van der Waals surface area contributed by atoms with Gasteiger partial charge in [-0.25, -0.2) is 0 Å². The number of rotatable bonds is 7. The van der Waals surface area contributed by atoms with Gasteiger partial charge in [-0.05, 0) is 64.7 Å². The Morgan fingerprint density at radius 3 is 2.59 bits per heavy atom. The van der Waals surface area contributed by atoms with Crippen molar-refractivity contribution in [2.45, 2.75) is 58.4 Å². The number of nitrogens with one attached hydrogen (secondary N) is 1. The zero-order chi connectivity index (χ0) is 12.7. The van der Waals surface area contributed by atoms with Gasteiger partial charge < -0.3 is 10.2 Å². The molecule has 102 valence electrons. The minimum absolute atomic E-state index is 0.801. The van der Waals surface area contributed by atoms with Gasteiger partial charge in [0.1, 0.15) is 0 Å². The molecule has 1 aliphatic carbocycles. The third-order valence-electron chi connectivity index (χ3n) is 4.12. The van der Waals surface area contributed by atoms with Crippen LogP contribution in [0.4, 0.5) is 0 Å². The third kappa shape index (κ3) is 6.42. The molecule has 0 bridgehead atoms. The summed E-state index contributed by atoms with van der Waals surface area (Å²) in [5.74, 6) is 1.83. The standard InChI is InChI=1S/C15H32N2/c1-13(2)14-8-7-9-15(12-14)16-10-5-6-11-17(3)4/h13-16H,5-12H2,1-4H3. The minimum atomic E-state index is 0.801. The summed E-state index contributed by atoms with van der Waals surface area (Å²) < 4.78 is 0. The molecule has 0 aromatic heterocycles. The number of unbranched alkanes of at least 4 members (excludes halogenated alkanes) is 1. The van der Waals surface area contributed by atoms with Crippen molar-refractivity contribution in [2.75, 3.05) is 27.2 Å². The van der Waals surface area contributed by atoms with Crippen LogP contribution in [0.3, 0.4) is 0 Å². The maximum absolute atomic E-state index is 3.76. The summed E-state index contributed by atoms with van der Waals surface area (Å²) in [6.45, 7) is 7.19. The summed E-state index contributed by atoms with van der Waals surface area (Å²) in [6, 6.07) is 0.801.